The number of fused-ring (bicyclic) bond motifs is 20. The Labute approximate surface area is 563 Å². The molecule has 4 amide bonds. The first-order valence-electron chi connectivity index (χ1n) is 35.7. The van der Waals surface area contributed by atoms with E-state index < -0.39 is 43.1 Å². The molecule has 6 aromatic rings. The summed E-state index contributed by atoms with van der Waals surface area (Å²) in [7, 11) is -2.59. The average Bonchev–Trinajstić information content (AvgIpc) is 1.52. The topological polar surface area (TPSA) is 208 Å². The van der Waals surface area contributed by atoms with Crippen LogP contribution in [0, 0.1) is 22.7 Å². The van der Waals surface area contributed by atoms with E-state index in [9.17, 15) is 26.4 Å². The molecule has 4 bridgehead atoms. The molecular formula is C74H90N10O10S2. The lowest BCUT2D eigenvalue weighted by Crippen LogP contribution is -2.70. The molecule has 22 heteroatoms. The molecule has 12 aliphatic rings. The number of likely N-dealkylation sites (N-methyl/N-ethyl adjacent to an activating group) is 1. The zero-order valence-corrected chi connectivity index (χ0v) is 57.6. The van der Waals surface area contributed by atoms with Crippen LogP contribution in [0.2, 0.25) is 0 Å². The number of hydrogen-bond acceptors (Lipinski definition) is 12. The number of nitrogens with zero attached hydrogens (tertiary/aromatic N) is 8. The highest BCUT2D eigenvalue weighted by molar-refractivity contribution is 7.88. The van der Waals surface area contributed by atoms with Crippen LogP contribution in [0.3, 0.4) is 0 Å². The maximum absolute atomic E-state index is 16.6. The predicted octanol–water partition coefficient (Wildman–Crippen LogP) is 9.39. The van der Waals surface area contributed by atoms with Gasteiger partial charge in [0.25, 0.3) is 11.8 Å². The van der Waals surface area contributed by atoms with Crippen LogP contribution in [0.1, 0.15) is 170 Å². The first-order valence-corrected chi connectivity index (χ1v) is 38.6. The molecule has 96 heavy (non-hydrogen) atoms. The molecule has 2 N–H and O–H groups in total. The van der Waals surface area contributed by atoms with Crippen LogP contribution in [0.5, 0.6) is 11.5 Å². The van der Waals surface area contributed by atoms with Crippen LogP contribution in [0.25, 0.3) is 44.3 Å². The summed E-state index contributed by atoms with van der Waals surface area (Å²) in [4.78, 5) is 69.9. The Morgan fingerprint density at radius 1 is 0.594 bits per heavy atom. The molecule has 508 valence electrons. The smallest absolute Gasteiger partial charge is 0.304 e. The lowest BCUT2D eigenvalue weighted by Gasteiger charge is -2.56. The van der Waals surface area contributed by atoms with Gasteiger partial charge in [-0.15, -0.1) is 0 Å². The summed E-state index contributed by atoms with van der Waals surface area (Å²) < 4.78 is 77.8. The molecule has 10 heterocycles. The van der Waals surface area contributed by atoms with Crippen LogP contribution in [-0.2, 0) is 43.1 Å². The van der Waals surface area contributed by atoms with Gasteiger partial charge in [0.15, 0.2) is 0 Å². The second-order valence-electron chi connectivity index (χ2n) is 30.3. The summed E-state index contributed by atoms with van der Waals surface area (Å²) in [6.07, 6.45) is 13.3. The van der Waals surface area contributed by atoms with Crippen LogP contribution in [0.4, 0.5) is 0 Å². The Morgan fingerprint density at radius 2 is 1.15 bits per heavy atom. The molecule has 18 rings (SSSR count). The Morgan fingerprint density at radius 3 is 1.69 bits per heavy atom. The number of ether oxygens (including phenoxy) is 2. The van der Waals surface area contributed by atoms with Crippen molar-refractivity contribution in [3.05, 3.63) is 106 Å². The Hall–Kier alpha value is -6.82. The summed E-state index contributed by atoms with van der Waals surface area (Å²) >= 11 is 0. The fourth-order valence-electron chi connectivity index (χ4n) is 20.3. The van der Waals surface area contributed by atoms with Crippen molar-refractivity contribution < 1.29 is 45.5 Å². The lowest BCUT2D eigenvalue weighted by atomic mass is 9.69. The van der Waals surface area contributed by atoms with Gasteiger partial charge in [0.2, 0.25) is 11.8 Å². The van der Waals surface area contributed by atoms with Gasteiger partial charge in [0, 0.05) is 153 Å². The summed E-state index contributed by atoms with van der Waals surface area (Å²) in [5, 5.41) is 2.07. The van der Waals surface area contributed by atoms with Crippen molar-refractivity contribution >= 4 is 65.9 Å². The number of piperidine rings is 2. The van der Waals surface area contributed by atoms with Gasteiger partial charge < -0.3 is 38.2 Å². The van der Waals surface area contributed by atoms with Gasteiger partial charge in [-0.1, -0.05) is 45.2 Å². The molecule has 9 unspecified atom stereocenters. The minimum Gasteiger partial charge on any atom is -0.497 e. The first-order chi connectivity index (χ1) is 46.3. The molecule has 10 fully saturated rings. The Balaban J connectivity index is 0.710. The van der Waals surface area contributed by atoms with Crippen LogP contribution in [0.15, 0.2) is 72.8 Å². The van der Waals surface area contributed by atoms with E-state index in [2.05, 4.69) is 69.5 Å². The number of aromatic nitrogens is 2. The van der Waals surface area contributed by atoms with E-state index in [4.69, 9.17) is 9.47 Å². The van der Waals surface area contributed by atoms with Crippen LogP contribution >= 0.6 is 0 Å². The van der Waals surface area contributed by atoms with E-state index in [1.54, 1.807) is 40.2 Å². The molecule has 2 aromatic heterocycles. The van der Waals surface area contributed by atoms with Gasteiger partial charge in [-0.3, -0.25) is 19.2 Å². The SMILES string of the molecule is CCN(CC)S(=O)(=O)NC(=O)c1ccc2c(C3CCC(C4CN5CCC4N(C(=O)C46CC4c4cc(OC)ccc4-c4c(C7CCCCC7)c7ccc(C(=O)NS(=O)(=O)N8CCC8)cc7n4C6)CC5)CC3)c3n(c2c1)CC1(C(=O)N2C4CC2CN(C)C4)CC1c1cc(OC)ccc1-3. The molecule has 4 saturated carbocycles. The zero-order valence-electron chi connectivity index (χ0n) is 56.0. The van der Waals surface area contributed by atoms with E-state index in [1.165, 1.54) is 26.2 Å². The van der Waals surface area contributed by atoms with E-state index in [1.807, 2.05) is 36.4 Å². The van der Waals surface area contributed by atoms with Gasteiger partial charge >= 0.3 is 20.4 Å². The van der Waals surface area contributed by atoms with Crippen molar-refractivity contribution in [2.45, 2.75) is 159 Å². The summed E-state index contributed by atoms with van der Waals surface area (Å²) in [5.74, 6) is 1.43. The summed E-state index contributed by atoms with van der Waals surface area (Å²) in [6, 6.07) is 24.5. The highest BCUT2D eigenvalue weighted by Gasteiger charge is 2.68. The number of piperazine rings is 1. The lowest BCUT2D eigenvalue weighted by molar-refractivity contribution is -0.159. The average molecular weight is 1340 g/mol. The van der Waals surface area contributed by atoms with Crippen molar-refractivity contribution in [3.63, 3.8) is 0 Å². The zero-order chi connectivity index (χ0) is 66.1. The van der Waals surface area contributed by atoms with E-state index in [-0.39, 0.29) is 83.7 Å². The largest absolute Gasteiger partial charge is 0.497 e. The standard InChI is InChI=1S/C74H90N10O10S2/c1-6-79(7-2)95(89,90)75-69(85)47-19-23-56-64(32-47)83-43-74(72(88)84-49-34-50(84)40-77(3)39-49)38-61(74)58-36-52(94-5)21-25-54(58)68(83)66(56)46-16-14-44(15-17-46)59-41-78-29-26-62(59)81(31-30-78)71(87)73-37-60(73)57-35-51(93-4)20-24-53(57)67-65(45-12-9-8-10-13-45)55-22-18-48(33-63(55)82(67)42-73)70(86)76-96(91,92)80-27-11-28-80/h18-25,32-33,35-36,44-46,49-50,59-62H,6-17,26-31,34,37-43H2,1-5H3,(H,75,85)(H,76,86). The number of hydrogen-bond donors (Lipinski definition) is 2. The van der Waals surface area contributed by atoms with Crippen molar-refractivity contribution in [3.8, 4) is 34.0 Å². The predicted molar refractivity (Wildman–Crippen MR) is 366 cm³/mol. The van der Waals surface area contributed by atoms with E-state index in [0.717, 1.165) is 170 Å². The Kier molecular flexibility index (Phi) is 15.1. The first kappa shape index (κ1) is 62.7. The highest BCUT2D eigenvalue weighted by Crippen LogP contribution is 2.69. The number of benzene rings is 4. The molecule has 20 nitrogen and oxygen atoms in total. The second-order valence-corrected chi connectivity index (χ2v) is 33.7. The number of carbonyl (C=O) groups is 4. The van der Waals surface area contributed by atoms with E-state index in [0.29, 0.717) is 51.5 Å². The Bertz CT molecular complexity index is 4460. The van der Waals surface area contributed by atoms with Gasteiger partial charge in [0.1, 0.15) is 11.5 Å². The molecule has 8 aliphatic heterocycles. The van der Waals surface area contributed by atoms with Crippen LogP contribution < -0.4 is 18.9 Å². The molecule has 4 aliphatic carbocycles. The number of amides is 4. The van der Waals surface area contributed by atoms with Crippen molar-refractivity contribution in [1.29, 1.82) is 0 Å². The number of methoxy groups -OCH3 is 2. The van der Waals surface area contributed by atoms with Crippen molar-refractivity contribution in [2.75, 3.05) is 86.7 Å². The molecule has 9 atom stereocenters. The van der Waals surface area contributed by atoms with Gasteiger partial charge in [-0.05, 0) is 184 Å². The highest BCUT2D eigenvalue weighted by atomic mass is 32.2. The molecular weight excluding hydrogens is 1250 g/mol. The third-order valence-corrected chi connectivity index (χ3v) is 28.6. The summed E-state index contributed by atoms with van der Waals surface area (Å²) in [6.45, 7) is 10.6. The maximum Gasteiger partial charge on any atom is 0.304 e. The number of likely N-dealkylation sites (tertiary alicyclic amines) is 2. The van der Waals surface area contributed by atoms with Gasteiger partial charge in [0.05, 0.1) is 36.4 Å². The fourth-order valence-corrected chi connectivity index (χ4v) is 22.7. The summed E-state index contributed by atoms with van der Waals surface area (Å²) in [5.41, 5.74) is 9.75. The third kappa shape index (κ3) is 9.79. The maximum atomic E-state index is 16.6. The van der Waals surface area contributed by atoms with Gasteiger partial charge in [-0.2, -0.15) is 25.4 Å². The number of carbonyl (C=O) groups excluding carboxylic acids is 4. The molecule has 6 saturated heterocycles. The number of nitrogens with one attached hydrogen (secondary N) is 2. The van der Waals surface area contributed by atoms with Crippen LogP contribution in [-0.4, -0.2) is 183 Å². The fraction of sp³-hybridized carbons (Fsp3) is 0.568. The third-order valence-electron chi connectivity index (χ3n) is 25.5. The normalized spacial score (nSPS) is 29.9. The molecule has 4 aromatic carbocycles. The monoisotopic (exact) mass is 1340 g/mol. The molecule has 0 radical (unpaired) electrons. The van der Waals surface area contributed by atoms with Crippen molar-refractivity contribution in [2.24, 2.45) is 22.7 Å². The number of rotatable bonds is 15. The minimum absolute atomic E-state index is 0.0386. The second kappa shape index (κ2) is 23.1. The molecule has 0 spiro atoms. The van der Waals surface area contributed by atoms with Crippen molar-refractivity contribution in [1.82, 2.24) is 46.8 Å². The quantitative estimate of drug-likeness (QED) is 0.0986. The van der Waals surface area contributed by atoms with Gasteiger partial charge in [-0.25, -0.2) is 9.44 Å². The van der Waals surface area contributed by atoms with E-state index >= 15 is 9.59 Å². The minimum atomic E-state index is -4.12.